The van der Waals surface area contributed by atoms with Gasteiger partial charge in [0.1, 0.15) is 0 Å². The molecular formula is C11H21N3O4. The van der Waals surface area contributed by atoms with E-state index in [4.69, 9.17) is 15.4 Å². The van der Waals surface area contributed by atoms with Crippen molar-refractivity contribution >= 4 is 5.97 Å². The molecule has 0 aliphatic heterocycles. The van der Waals surface area contributed by atoms with Crippen LogP contribution in [0.5, 0.6) is 0 Å². The van der Waals surface area contributed by atoms with Crippen molar-refractivity contribution in [1.82, 2.24) is 0 Å². The molecule has 0 aromatic rings. The number of aliphatic hydroxyl groups excluding tert-OH is 1. The van der Waals surface area contributed by atoms with Gasteiger partial charge in [-0.2, -0.15) is 0 Å². The van der Waals surface area contributed by atoms with E-state index < -0.39 is 12.1 Å². The Kier molecular flexibility index (Phi) is 11.3. The summed E-state index contributed by atoms with van der Waals surface area (Å²) in [4.78, 5) is 12.8. The van der Waals surface area contributed by atoms with Gasteiger partial charge in [0, 0.05) is 17.9 Å². The number of unbranched alkanes of at least 4 members (excludes halogenated alkanes) is 4. The maximum absolute atomic E-state index is 10.2. The van der Waals surface area contributed by atoms with Gasteiger partial charge in [-0.05, 0) is 18.4 Å². The summed E-state index contributed by atoms with van der Waals surface area (Å²) in [5, 5.41) is 20.9. The molecule has 0 bridgehead atoms. The van der Waals surface area contributed by atoms with Crippen molar-refractivity contribution in [3.05, 3.63) is 10.4 Å². The van der Waals surface area contributed by atoms with Gasteiger partial charge in [0.2, 0.25) is 0 Å². The van der Waals surface area contributed by atoms with E-state index in [0.29, 0.717) is 6.61 Å². The van der Waals surface area contributed by atoms with Crippen LogP contribution in [0, 0.1) is 0 Å². The van der Waals surface area contributed by atoms with Crippen molar-refractivity contribution in [2.24, 2.45) is 5.11 Å². The van der Waals surface area contributed by atoms with Crippen LogP contribution in [-0.2, 0) is 9.53 Å². The van der Waals surface area contributed by atoms with Gasteiger partial charge in [0.15, 0.2) is 0 Å². The first-order valence-corrected chi connectivity index (χ1v) is 6.15. The number of aliphatic hydroxyl groups is 1. The Balaban J connectivity index is 3.16. The molecule has 1 unspecified atom stereocenters. The summed E-state index contributed by atoms with van der Waals surface area (Å²) >= 11 is 0. The Morgan fingerprint density at radius 1 is 1.28 bits per heavy atom. The predicted octanol–water partition coefficient (Wildman–Crippen LogP) is 2.10. The topological polar surface area (TPSA) is 116 Å². The summed E-state index contributed by atoms with van der Waals surface area (Å²) in [6.07, 6.45) is 4.02. The van der Waals surface area contributed by atoms with Crippen LogP contribution in [0.4, 0.5) is 0 Å². The van der Waals surface area contributed by atoms with E-state index >= 15 is 0 Å². The van der Waals surface area contributed by atoms with Gasteiger partial charge in [0.05, 0.1) is 19.3 Å². The lowest BCUT2D eigenvalue weighted by molar-refractivity contribution is -0.137. The normalized spacial score (nSPS) is 11.8. The predicted molar refractivity (Wildman–Crippen MR) is 66.2 cm³/mol. The number of carbonyl (C=O) groups is 1. The lowest BCUT2D eigenvalue weighted by atomic mass is 10.1. The number of nitrogens with zero attached hydrogens (tertiary/aromatic N) is 3. The average Bonchev–Trinajstić information content (AvgIpc) is 2.34. The zero-order valence-electron chi connectivity index (χ0n) is 10.5. The summed E-state index contributed by atoms with van der Waals surface area (Å²) in [7, 11) is 0. The molecule has 0 rings (SSSR count). The summed E-state index contributed by atoms with van der Waals surface area (Å²) in [6, 6.07) is 0. The summed E-state index contributed by atoms with van der Waals surface area (Å²) in [5.41, 5.74) is 8.03. The Hall–Kier alpha value is -1.30. The third kappa shape index (κ3) is 12.8. The number of azide groups is 1. The van der Waals surface area contributed by atoms with Crippen LogP contribution in [0.25, 0.3) is 10.4 Å². The number of carboxylic acid groups (broad SMARTS) is 1. The van der Waals surface area contributed by atoms with Gasteiger partial charge in [-0.25, -0.2) is 0 Å². The third-order valence-corrected chi connectivity index (χ3v) is 2.35. The van der Waals surface area contributed by atoms with Crippen molar-refractivity contribution in [3.63, 3.8) is 0 Å². The lowest BCUT2D eigenvalue weighted by Crippen LogP contribution is -2.18. The fourth-order valence-electron chi connectivity index (χ4n) is 1.41. The molecule has 2 N–H and O–H groups in total. The standard InChI is InChI=1S/C11H21N3O4/c12-14-13-8-10(15)9-18-7-5-3-1-2-4-6-11(16)17/h10,15H,1-9H2,(H,16,17). The van der Waals surface area contributed by atoms with E-state index in [9.17, 15) is 9.90 Å². The highest BCUT2D eigenvalue weighted by Crippen LogP contribution is 2.05. The molecule has 0 heterocycles. The van der Waals surface area contributed by atoms with Gasteiger partial charge in [-0.3, -0.25) is 4.79 Å². The minimum absolute atomic E-state index is 0.0334. The third-order valence-electron chi connectivity index (χ3n) is 2.35. The first kappa shape index (κ1) is 16.7. The van der Waals surface area contributed by atoms with E-state index in [1.165, 1.54) is 0 Å². The molecule has 1 atom stereocenters. The number of carboxylic acids is 1. The molecule has 0 aromatic carbocycles. The number of aliphatic carboxylic acids is 1. The maximum Gasteiger partial charge on any atom is 0.303 e. The Bertz CT molecular complexity index is 267. The van der Waals surface area contributed by atoms with Crippen LogP contribution in [-0.4, -0.2) is 42.0 Å². The van der Waals surface area contributed by atoms with Gasteiger partial charge >= 0.3 is 5.97 Å². The van der Waals surface area contributed by atoms with E-state index in [0.717, 1.165) is 32.1 Å². The second-order valence-electron chi connectivity index (χ2n) is 4.05. The molecule has 18 heavy (non-hydrogen) atoms. The van der Waals surface area contributed by atoms with Gasteiger partial charge in [-0.15, -0.1) is 0 Å². The van der Waals surface area contributed by atoms with Crippen LogP contribution in [0.2, 0.25) is 0 Å². The highest BCUT2D eigenvalue weighted by atomic mass is 16.5. The van der Waals surface area contributed by atoms with Crippen molar-refractivity contribution in [1.29, 1.82) is 0 Å². The lowest BCUT2D eigenvalue weighted by Gasteiger charge is -2.08. The molecule has 0 radical (unpaired) electrons. The van der Waals surface area contributed by atoms with Crippen molar-refractivity contribution in [2.75, 3.05) is 19.8 Å². The van der Waals surface area contributed by atoms with E-state index in [-0.39, 0.29) is 19.6 Å². The zero-order valence-corrected chi connectivity index (χ0v) is 10.5. The quantitative estimate of drug-likeness (QED) is 0.241. The van der Waals surface area contributed by atoms with Gasteiger partial charge in [0.25, 0.3) is 0 Å². The van der Waals surface area contributed by atoms with Crippen LogP contribution < -0.4 is 0 Å². The SMILES string of the molecule is [N-]=[N+]=NCC(O)COCCCCCCCC(=O)O. The molecule has 0 aliphatic carbocycles. The molecule has 0 aliphatic rings. The Labute approximate surface area is 106 Å². The Morgan fingerprint density at radius 2 is 1.94 bits per heavy atom. The molecular weight excluding hydrogens is 238 g/mol. The van der Waals surface area contributed by atoms with Crippen LogP contribution in [0.15, 0.2) is 5.11 Å². The maximum atomic E-state index is 10.2. The second-order valence-corrected chi connectivity index (χ2v) is 4.05. The fraction of sp³-hybridized carbons (Fsp3) is 0.909. The van der Waals surface area contributed by atoms with E-state index in [2.05, 4.69) is 10.0 Å². The molecule has 0 saturated heterocycles. The first-order valence-electron chi connectivity index (χ1n) is 6.15. The molecule has 7 nitrogen and oxygen atoms in total. The molecule has 0 spiro atoms. The summed E-state index contributed by atoms with van der Waals surface area (Å²) in [5.74, 6) is -0.743. The monoisotopic (exact) mass is 259 g/mol. The van der Waals surface area contributed by atoms with Crippen molar-refractivity contribution in [2.45, 2.75) is 44.6 Å². The Morgan fingerprint density at radius 3 is 2.61 bits per heavy atom. The van der Waals surface area contributed by atoms with Gasteiger partial charge < -0.3 is 14.9 Å². The number of hydrogen-bond acceptors (Lipinski definition) is 4. The van der Waals surface area contributed by atoms with Crippen molar-refractivity contribution in [3.8, 4) is 0 Å². The summed E-state index contributed by atoms with van der Waals surface area (Å²) in [6.45, 7) is 0.774. The fourth-order valence-corrected chi connectivity index (χ4v) is 1.41. The average molecular weight is 259 g/mol. The highest BCUT2D eigenvalue weighted by Gasteiger charge is 2.01. The first-order chi connectivity index (χ1) is 8.66. The second kappa shape index (κ2) is 12.2. The minimum atomic E-state index is -0.743. The smallest absolute Gasteiger partial charge is 0.303 e. The van der Waals surface area contributed by atoms with Crippen LogP contribution >= 0.6 is 0 Å². The van der Waals surface area contributed by atoms with Gasteiger partial charge in [-0.1, -0.05) is 24.4 Å². The molecule has 0 amide bonds. The molecule has 0 saturated carbocycles. The van der Waals surface area contributed by atoms with Crippen LogP contribution in [0.3, 0.4) is 0 Å². The number of ether oxygens (including phenoxy) is 1. The van der Waals surface area contributed by atoms with Crippen molar-refractivity contribution < 1.29 is 19.7 Å². The number of rotatable bonds is 12. The molecule has 7 heteroatoms. The van der Waals surface area contributed by atoms with E-state index in [1.807, 2.05) is 0 Å². The number of hydrogen-bond donors (Lipinski definition) is 2. The minimum Gasteiger partial charge on any atom is -0.481 e. The highest BCUT2D eigenvalue weighted by molar-refractivity contribution is 5.66. The zero-order chi connectivity index (χ0) is 13.6. The molecule has 0 aromatic heterocycles. The molecule has 0 fully saturated rings. The summed E-state index contributed by atoms with van der Waals surface area (Å²) < 4.78 is 5.21. The largest absolute Gasteiger partial charge is 0.481 e. The van der Waals surface area contributed by atoms with Crippen LogP contribution in [0.1, 0.15) is 38.5 Å². The van der Waals surface area contributed by atoms with E-state index in [1.54, 1.807) is 0 Å². The molecule has 104 valence electrons.